The Labute approximate surface area is 243 Å². The Morgan fingerprint density at radius 3 is 1.68 bits per heavy atom. The number of nitrogens with one attached hydrogen (secondary N) is 1. The topological polar surface area (TPSA) is 98.8 Å². The van der Waals surface area contributed by atoms with Crippen molar-refractivity contribution in [1.29, 1.82) is 0 Å². The number of hydrogen-bond acceptors (Lipinski definition) is 6. The molecule has 2 aliphatic carbocycles. The van der Waals surface area contributed by atoms with E-state index in [1.807, 2.05) is 0 Å². The van der Waals surface area contributed by atoms with Gasteiger partial charge in [0, 0.05) is 34.4 Å². The Kier molecular flexibility index (Phi) is 10.6. The highest BCUT2D eigenvalue weighted by Gasteiger charge is 2.29. The molecule has 2 saturated carbocycles. The van der Waals surface area contributed by atoms with Crippen molar-refractivity contribution in [2.45, 2.75) is 97.9 Å². The molecule has 222 valence electrons. The minimum atomic E-state index is -0.602. The van der Waals surface area contributed by atoms with Gasteiger partial charge in [-0.05, 0) is 88.0 Å². The van der Waals surface area contributed by atoms with Gasteiger partial charge in [0.2, 0.25) is 0 Å². The molecule has 0 aliphatic heterocycles. The average Bonchev–Trinajstić information content (AvgIpc) is 2.96. The SMILES string of the molecule is CCOC(=O)c1ccc(C(=O)NC2CCC(C)CC2)c2c(C(=O)OCC)ccc(C(=O)CCC3CCC(C)CC3)c12. The molecule has 7 nitrogen and oxygen atoms in total. The van der Waals surface area contributed by atoms with Crippen LogP contribution >= 0.6 is 0 Å². The van der Waals surface area contributed by atoms with Crippen LogP contribution in [0.25, 0.3) is 10.8 Å². The van der Waals surface area contributed by atoms with Crippen LogP contribution in [0.3, 0.4) is 0 Å². The normalized spacial score (nSPS) is 22.6. The van der Waals surface area contributed by atoms with Gasteiger partial charge in [0.1, 0.15) is 0 Å². The molecular formula is C34H45NO6. The Morgan fingerprint density at radius 1 is 0.683 bits per heavy atom. The third-order valence-electron chi connectivity index (χ3n) is 8.96. The summed E-state index contributed by atoms with van der Waals surface area (Å²) in [4.78, 5) is 53.8. The van der Waals surface area contributed by atoms with Gasteiger partial charge in [-0.15, -0.1) is 0 Å². The zero-order chi connectivity index (χ0) is 29.5. The fourth-order valence-corrected chi connectivity index (χ4v) is 6.43. The largest absolute Gasteiger partial charge is 0.462 e. The number of fused-ring (bicyclic) bond motifs is 1. The van der Waals surface area contributed by atoms with Crippen LogP contribution in [0.5, 0.6) is 0 Å². The highest BCUT2D eigenvalue weighted by Crippen LogP contribution is 2.35. The first-order valence-corrected chi connectivity index (χ1v) is 15.5. The van der Waals surface area contributed by atoms with Crippen molar-refractivity contribution >= 4 is 34.4 Å². The van der Waals surface area contributed by atoms with Gasteiger partial charge in [-0.3, -0.25) is 9.59 Å². The Morgan fingerprint density at radius 2 is 1.15 bits per heavy atom. The molecule has 0 heterocycles. The van der Waals surface area contributed by atoms with Crippen LogP contribution in [0.15, 0.2) is 24.3 Å². The summed E-state index contributed by atoms with van der Waals surface area (Å²) in [5, 5.41) is 3.71. The molecule has 41 heavy (non-hydrogen) atoms. The lowest BCUT2D eigenvalue weighted by Gasteiger charge is -2.27. The minimum absolute atomic E-state index is 0.0348. The number of hydrogen-bond donors (Lipinski definition) is 1. The van der Waals surface area contributed by atoms with Crippen molar-refractivity contribution in [3.63, 3.8) is 0 Å². The molecule has 2 aromatic rings. The lowest BCUT2D eigenvalue weighted by atomic mass is 9.80. The lowest BCUT2D eigenvalue weighted by molar-refractivity contribution is 0.0517. The predicted molar refractivity (Wildman–Crippen MR) is 159 cm³/mol. The van der Waals surface area contributed by atoms with Crippen LogP contribution in [-0.2, 0) is 9.47 Å². The van der Waals surface area contributed by atoms with E-state index in [1.165, 1.54) is 12.8 Å². The van der Waals surface area contributed by atoms with Crippen LogP contribution in [0.1, 0.15) is 133 Å². The summed E-state index contributed by atoms with van der Waals surface area (Å²) < 4.78 is 10.7. The van der Waals surface area contributed by atoms with E-state index in [0.29, 0.717) is 29.2 Å². The third kappa shape index (κ3) is 7.35. The molecule has 0 radical (unpaired) electrons. The van der Waals surface area contributed by atoms with Crippen LogP contribution in [0.2, 0.25) is 0 Å². The molecular weight excluding hydrogens is 518 g/mol. The fraction of sp³-hybridized carbons (Fsp3) is 0.588. The second kappa shape index (κ2) is 14.1. The number of Topliss-reactive ketones (excluding diaryl/α,β-unsaturated/α-hetero) is 1. The third-order valence-corrected chi connectivity index (χ3v) is 8.96. The number of carbonyl (C=O) groups excluding carboxylic acids is 4. The Bertz CT molecular complexity index is 1270. The second-order valence-corrected chi connectivity index (χ2v) is 12.0. The summed E-state index contributed by atoms with van der Waals surface area (Å²) in [5.41, 5.74) is 0.922. The first kappa shape index (κ1) is 30.7. The maximum Gasteiger partial charge on any atom is 0.338 e. The molecule has 2 aliphatic rings. The molecule has 2 fully saturated rings. The summed E-state index contributed by atoms with van der Waals surface area (Å²) in [6, 6.07) is 6.31. The monoisotopic (exact) mass is 563 g/mol. The molecule has 2 aromatic carbocycles. The van der Waals surface area contributed by atoms with Gasteiger partial charge in [0.25, 0.3) is 5.91 Å². The first-order chi connectivity index (χ1) is 19.7. The number of esters is 2. The highest BCUT2D eigenvalue weighted by atomic mass is 16.5. The lowest BCUT2D eigenvalue weighted by Crippen LogP contribution is -2.37. The van der Waals surface area contributed by atoms with E-state index in [2.05, 4.69) is 19.2 Å². The molecule has 1 N–H and O–H groups in total. The fourth-order valence-electron chi connectivity index (χ4n) is 6.43. The van der Waals surface area contributed by atoms with E-state index < -0.39 is 11.9 Å². The second-order valence-electron chi connectivity index (χ2n) is 12.0. The number of benzene rings is 2. The van der Waals surface area contributed by atoms with Gasteiger partial charge in [-0.25, -0.2) is 9.59 Å². The van der Waals surface area contributed by atoms with Crippen molar-refractivity contribution in [3.05, 3.63) is 46.5 Å². The average molecular weight is 564 g/mol. The summed E-state index contributed by atoms with van der Waals surface area (Å²) in [7, 11) is 0. The number of ketones is 1. The predicted octanol–water partition coefficient (Wildman–Crippen LogP) is 7.29. The van der Waals surface area contributed by atoms with Crippen LogP contribution in [0, 0.1) is 17.8 Å². The van der Waals surface area contributed by atoms with Crippen LogP contribution in [-0.4, -0.2) is 42.9 Å². The number of carbonyl (C=O) groups is 4. The number of amides is 1. The Balaban J connectivity index is 1.79. The molecule has 1 amide bonds. The van der Waals surface area contributed by atoms with Crippen LogP contribution < -0.4 is 5.32 Å². The van der Waals surface area contributed by atoms with E-state index in [0.717, 1.165) is 50.9 Å². The Hall–Kier alpha value is -3.22. The quantitative estimate of drug-likeness (QED) is 0.241. The van der Waals surface area contributed by atoms with Gasteiger partial charge in [0.15, 0.2) is 5.78 Å². The van der Waals surface area contributed by atoms with E-state index in [-0.39, 0.29) is 53.0 Å². The molecule has 7 heteroatoms. The minimum Gasteiger partial charge on any atom is -0.462 e. The first-order valence-electron chi connectivity index (χ1n) is 15.5. The van der Waals surface area contributed by atoms with E-state index in [4.69, 9.17) is 9.47 Å². The van der Waals surface area contributed by atoms with E-state index in [9.17, 15) is 19.2 Å². The maximum absolute atomic E-state index is 13.8. The highest BCUT2D eigenvalue weighted by molar-refractivity contribution is 6.23. The molecule has 0 saturated heterocycles. The van der Waals surface area contributed by atoms with Crippen molar-refractivity contribution < 1.29 is 28.7 Å². The zero-order valence-electron chi connectivity index (χ0n) is 25.1. The molecule has 0 atom stereocenters. The van der Waals surface area contributed by atoms with Gasteiger partial charge >= 0.3 is 11.9 Å². The van der Waals surface area contributed by atoms with E-state index in [1.54, 1.807) is 38.1 Å². The summed E-state index contributed by atoms with van der Waals surface area (Å²) in [6.07, 6.45) is 9.58. The maximum atomic E-state index is 13.8. The van der Waals surface area contributed by atoms with E-state index >= 15 is 0 Å². The summed E-state index contributed by atoms with van der Waals surface area (Å²) in [6.45, 7) is 8.24. The molecule has 0 spiro atoms. The van der Waals surface area contributed by atoms with Crippen LogP contribution in [0.4, 0.5) is 0 Å². The van der Waals surface area contributed by atoms with Gasteiger partial charge in [0.05, 0.1) is 24.3 Å². The molecule has 0 bridgehead atoms. The van der Waals surface area contributed by atoms with Crippen molar-refractivity contribution in [1.82, 2.24) is 5.32 Å². The summed E-state index contributed by atoms with van der Waals surface area (Å²) >= 11 is 0. The standard InChI is InChI=1S/C34H45NO6/c1-5-40-33(38)27-19-17-26(32(37)35-24-14-9-22(4)10-15-24)31-28(34(39)41-6-2)18-16-25(30(27)31)29(36)20-13-23-11-7-21(3)8-12-23/h16-19,21-24H,5-15,20H2,1-4H3,(H,35,37). The zero-order valence-corrected chi connectivity index (χ0v) is 25.1. The number of rotatable bonds is 10. The molecule has 4 rings (SSSR count). The smallest absolute Gasteiger partial charge is 0.338 e. The van der Waals surface area contributed by atoms with Crippen molar-refractivity contribution in [2.24, 2.45) is 17.8 Å². The van der Waals surface area contributed by atoms with Gasteiger partial charge < -0.3 is 14.8 Å². The van der Waals surface area contributed by atoms with Gasteiger partial charge in [-0.2, -0.15) is 0 Å². The van der Waals surface area contributed by atoms with Gasteiger partial charge in [-0.1, -0.05) is 39.5 Å². The summed E-state index contributed by atoms with van der Waals surface area (Å²) in [5.74, 6) is 0.245. The van der Waals surface area contributed by atoms with Crippen molar-refractivity contribution in [3.8, 4) is 0 Å². The molecule has 0 unspecified atom stereocenters. The van der Waals surface area contributed by atoms with Crippen molar-refractivity contribution in [2.75, 3.05) is 13.2 Å². The number of ether oxygens (including phenoxy) is 2. The molecule has 0 aromatic heterocycles.